The molecule has 1 aromatic carbocycles. The predicted octanol–water partition coefficient (Wildman–Crippen LogP) is 2.85. The van der Waals surface area contributed by atoms with Crippen LogP contribution >= 0.6 is 0 Å². The number of aliphatic hydroxyl groups excluding tert-OH is 1. The number of benzene rings is 1. The van der Waals surface area contributed by atoms with Crippen LogP contribution in [0, 0.1) is 5.82 Å². The molecule has 1 N–H and O–H groups in total. The second kappa shape index (κ2) is 5.60. The smallest absolute Gasteiger partial charge is 0.165 e. The number of halogens is 1. The lowest BCUT2D eigenvalue weighted by molar-refractivity contribution is 0.198. The molecule has 0 aliphatic carbocycles. The fraction of sp³-hybridized carbons (Fsp3) is 0.214. The van der Waals surface area contributed by atoms with Crippen LogP contribution in [0.5, 0.6) is 5.75 Å². The van der Waals surface area contributed by atoms with Gasteiger partial charge in [-0.15, -0.1) is 0 Å². The van der Waals surface area contributed by atoms with Crippen LogP contribution in [0.25, 0.3) is 0 Å². The normalized spacial score (nSPS) is 12.2. The first-order valence-corrected chi connectivity index (χ1v) is 5.66. The van der Waals surface area contributed by atoms with Gasteiger partial charge in [0.05, 0.1) is 6.10 Å². The first-order chi connectivity index (χ1) is 8.66. The van der Waals surface area contributed by atoms with Crippen LogP contribution in [0.3, 0.4) is 0 Å². The summed E-state index contributed by atoms with van der Waals surface area (Å²) in [5.41, 5.74) is 1.45. The minimum atomic E-state index is -0.686. The average Bonchev–Trinajstić information content (AvgIpc) is 2.38. The molecule has 1 heterocycles. The molecule has 0 unspecified atom stereocenters. The summed E-state index contributed by atoms with van der Waals surface area (Å²) in [7, 11) is 0. The maximum absolute atomic E-state index is 13.7. The molecule has 0 radical (unpaired) electrons. The Kier molecular flexibility index (Phi) is 3.89. The minimum absolute atomic E-state index is 0.177. The molecule has 1 aromatic heterocycles. The Morgan fingerprint density at radius 2 is 2.00 bits per heavy atom. The maximum atomic E-state index is 13.7. The second-order valence-corrected chi connectivity index (χ2v) is 4.01. The lowest BCUT2D eigenvalue weighted by Gasteiger charge is -2.10. The molecule has 0 amide bonds. The molecule has 94 valence electrons. The van der Waals surface area contributed by atoms with E-state index in [1.807, 2.05) is 12.1 Å². The summed E-state index contributed by atoms with van der Waals surface area (Å²) < 4.78 is 19.0. The molecule has 0 spiro atoms. The molecule has 0 aliphatic rings. The van der Waals surface area contributed by atoms with Crippen molar-refractivity contribution in [1.29, 1.82) is 0 Å². The zero-order chi connectivity index (χ0) is 13.0. The van der Waals surface area contributed by atoms with Crippen molar-refractivity contribution >= 4 is 0 Å². The van der Waals surface area contributed by atoms with Gasteiger partial charge in [-0.25, -0.2) is 4.39 Å². The van der Waals surface area contributed by atoms with Crippen molar-refractivity contribution in [1.82, 2.24) is 4.98 Å². The van der Waals surface area contributed by atoms with Gasteiger partial charge in [0.15, 0.2) is 11.6 Å². The number of ether oxygens (including phenoxy) is 1. The molecule has 2 aromatic rings. The molecule has 3 nitrogen and oxygen atoms in total. The van der Waals surface area contributed by atoms with Crippen molar-refractivity contribution in [2.75, 3.05) is 0 Å². The number of hydrogen-bond donors (Lipinski definition) is 1. The highest BCUT2D eigenvalue weighted by molar-refractivity contribution is 5.30. The first kappa shape index (κ1) is 12.5. The van der Waals surface area contributed by atoms with Gasteiger partial charge in [0.2, 0.25) is 0 Å². The van der Waals surface area contributed by atoms with Gasteiger partial charge in [-0.3, -0.25) is 4.98 Å². The summed E-state index contributed by atoms with van der Waals surface area (Å²) in [6, 6.07) is 8.07. The van der Waals surface area contributed by atoms with E-state index in [9.17, 15) is 9.50 Å². The molecule has 0 saturated heterocycles. The topological polar surface area (TPSA) is 42.4 Å². The van der Waals surface area contributed by atoms with Crippen LogP contribution in [0.2, 0.25) is 0 Å². The van der Waals surface area contributed by atoms with Gasteiger partial charge in [0, 0.05) is 12.4 Å². The van der Waals surface area contributed by atoms with Gasteiger partial charge >= 0.3 is 0 Å². The summed E-state index contributed by atoms with van der Waals surface area (Å²) in [6.45, 7) is 1.87. The molecule has 18 heavy (non-hydrogen) atoms. The van der Waals surface area contributed by atoms with E-state index in [-0.39, 0.29) is 12.4 Å². The van der Waals surface area contributed by atoms with Crippen molar-refractivity contribution in [3.8, 4) is 5.75 Å². The minimum Gasteiger partial charge on any atom is -0.486 e. The summed E-state index contributed by atoms with van der Waals surface area (Å²) in [4.78, 5) is 3.89. The van der Waals surface area contributed by atoms with Gasteiger partial charge in [-0.05, 0) is 42.3 Å². The molecule has 4 heteroatoms. The molecular formula is C14H14FNO2. The highest BCUT2D eigenvalue weighted by Crippen LogP contribution is 2.22. The van der Waals surface area contributed by atoms with E-state index in [1.165, 1.54) is 12.1 Å². The van der Waals surface area contributed by atoms with Gasteiger partial charge in [-0.2, -0.15) is 0 Å². The van der Waals surface area contributed by atoms with Gasteiger partial charge in [0.1, 0.15) is 6.61 Å². The van der Waals surface area contributed by atoms with Crippen LogP contribution in [0.4, 0.5) is 4.39 Å². The number of hydrogen-bond acceptors (Lipinski definition) is 3. The van der Waals surface area contributed by atoms with E-state index in [0.717, 1.165) is 5.56 Å². The fourth-order valence-corrected chi connectivity index (χ4v) is 1.53. The van der Waals surface area contributed by atoms with E-state index >= 15 is 0 Å². The Labute approximate surface area is 105 Å². The molecular weight excluding hydrogens is 233 g/mol. The van der Waals surface area contributed by atoms with Crippen molar-refractivity contribution < 1.29 is 14.2 Å². The Morgan fingerprint density at radius 3 is 2.61 bits per heavy atom. The van der Waals surface area contributed by atoms with Crippen LogP contribution in [-0.4, -0.2) is 10.1 Å². The Bertz CT molecular complexity index is 514. The van der Waals surface area contributed by atoms with E-state index < -0.39 is 11.9 Å². The second-order valence-electron chi connectivity index (χ2n) is 4.01. The predicted molar refractivity (Wildman–Crippen MR) is 65.6 cm³/mol. The third-order valence-electron chi connectivity index (χ3n) is 2.58. The van der Waals surface area contributed by atoms with Gasteiger partial charge in [-0.1, -0.05) is 6.07 Å². The zero-order valence-corrected chi connectivity index (χ0v) is 10.0. The average molecular weight is 247 g/mol. The fourth-order valence-electron chi connectivity index (χ4n) is 1.53. The monoisotopic (exact) mass is 247 g/mol. The number of aliphatic hydroxyl groups is 1. The third-order valence-corrected chi connectivity index (χ3v) is 2.58. The molecule has 0 bridgehead atoms. The van der Waals surface area contributed by atoms with Crippen LogP contribution in [-0.2, 0) is 6.61 Å². The lowest BCUT2D eigenvalue weighted by Crippen LogP contribution is -1.99. The molecule has 0 fully saturated rings. The van der Waals surface area contributed by atoms with Crippen LogP contribution in [0.1, 0.15) is 24.2 Å². The first-order valence-electron chi connectivity index (χ1n) is 5.66. The highest BCUT2D eigenvalue weighted by atomic mass is 19.1. The summed E-state index contributed by atoms with van der Waals surface area (Å²) >= 11 is 0. The lowest BCUT2D eigenvalue weighted by atomic mass is 10.1. The van der Waals surface area contributed by atoms with Gasteiger partial charge < -0.3 is 9.84 Å². The number of rotatable bonds is 4. The molecule has 0 aliphatic heterocycles. The van der Waals surface area contributed by atoms with Crippen LogP contribution < -0.4 is 4.74 Å². The van der Waals surface area contributed by atoms with Crippen molar-refractivity contribution in [3.63, 3.8) is 0 Å². The highest BCUT2D eigenvalue weighted by Gasteiger charge is 2.08. The summed E-state index contributed by atoms with van der Waals surface area (Å²) in [6.07, 6.45) is 2.63. The van der Waals surface area contributed by atoms with E-state index in [1.54, 1.807) is 25.4 Å². The van der Waals surface area contributed by atoms with Crippen molar-refractivity contribution in [2.24, 2.45) is 0 Å². The SMILES string of the molecule is C[C@@H](O)c1ccc(OCc2ccncc2)c(F)c1. The third kappa shape index (κ3) is 3.05. The molecule has 1 atom stereocenters. The summed E-state index contributed by atoms with van der Waals surface area (Å²) in [5, 5.41) is 9.33. The zero-order valence-electron chi connectivity index (χ0n) is 10.0. The Balaban J connectivity index is 2.06. The van der Waals surface area contributed by atoms with Crippen LogP contribution in [0.15, 0.2) is 42.7 Å². The molecule has 0 saturated carbocycles. The van der Waals surface area contributed by atoms with Gasteiger partial charge in [0.25, 0.3) is 0 Å². The van der Waals surface area contributed by atoms with E-state index in [2.05, 4.69) is 4.98 Å². The largest absolute Gasteiger partial charge is 0.486 e. The van der Waals surface area contributed by atoms with Crippen molar-refractivity contribution in [2.45, 2.75) is 19.6 Å². The van der Waals surface area contributed by atoms with E-state index in [0.29, 0.717) is 5.56 Å². The molecule has 2 rings (SSSR count). The Morgan fingerprint density at radius 1 is 1.28 bits per heavy atom. The number of aromatic nitrogens is 1. The summed E-state index contributed by atoms with van der Waals surface area (Å²) in [5.74, 6) is -0.293. The number of pyridine rings is 1. The van der Waals surface area contributed by atoms with Crippen molar-refractivity contribution in [3.05, 3.63) is 59.7 Å². The quantitative estimate of drug-likeness (QED) is 0.903. The van der Waals surface area contributed by atoms with E-state index in [4.69, 9.17) is 4.74 Å². The number of nitrogens with zero attached hydrogens (tertiary/aromatic N) is 1. The maximum Gasteiger partial charge on any atom is 0.165 e. The Hall–Kier alpha value is -1.94. The standard InChI is InChI=1S/C14H14FNO2/c1-10(17)12-2-3-14(13(15)8-12)18-9-11-4-6-16-7-5-11/h2-8,10,17H,9H2,1H3/t10-/m1/s1.